The molecule has 0 saturated carbocycles. The molecule has 0 aliphatic carbocycles. The molecule has 26 heavy (non-hydrogen) atoms. The Bertz CT molecular complexity index is 784. The quantitative estimate of drug-likeness (QED) is 0.624. The molecule has 0 bridgehead atoms. The van der Waals surface area contributed by atoms with Crippen LogP contribution in [0, 0.1) is 13.8 Å². The number of nitrogens with one attached hydrogen (secondary N) is 1. The van der Waals surface area contributed by atoms with Gasteiger partial charge in [0.05, 0.1) is 20.8 Å². The fourth-order valence-electron chi connectivity index (χ4n) is 2.67. The largest absolute Gasteiger partial charge is 0.493 e. The summed E-state index contributed by atoms with van der Waals surface area (Å²) in [6.07, 6.45) is 0. The highest BCUT2D eigenvalue weighted by Crippen LogP contribution is 2.30. The third-order valence-corrected chi connectivity index (χ3v) is 4.41. The zero-order chi connectivity index (χ0) is 19.3. The van der Waals surface area contributed by atoms with Crippen LogP contribution in [0.3, 0.4) is 0 Å². The Morgan fingerprint density at radius 3 is 2.38 bits per heavy atom. The highest BCUT2D eigenvalue weighted by molar-refractivity contribution is 5.79. The molecule has 0 aliphatic rings. The van der Waals surface area contributed by atoms with Crippen molar-refractivity contribution in [3.63, 3.8) is 0 Å². The third kappa shape index (κ3) is 4.25. The summed E-state index contributed by atoms with van der Waals surface area (Å²) >= 11 is 0. The van der Waals surface area contributed by atoms with Gasteiger partial charge in [-0.3, -0.25) is 4.99 Å². The van der Waals surface area contributed by atoms with Crippen molar-refractivity contribution in [3.8, 4) is 11.5 Å². The maximum Gasteiger partial charge on any atom is 0.194 e. The number of aliphatic imine (C=N–C) groups is 1. The van der Waals surface area contributed by atoms with Crippen LogP contribution in [-0.4, -0.2) is 53.9 Å². The molecule has 1 heterocycles. The van der Waals surface area contributed by atoms with E-state index in [1.807, 2.05) is 37.7 Å². The van der Waals surface area contributed by atoms with Gasteiger partial charge in [0.15, 0.2) is 23.3 Å². The van der Waals surface area contributed by atoms with Crippen LogP contribution in [0.2, 0.25) is 0 Å². The number of aryl methyl sites for hydroxylation is 2. The molecule has 1 aromatic heterocycles. The van der Waals surface area contributed by atoms with Crippen LogP contribution in [0.4, 0.5) is 0 Å². The number of methoxy groups -OCH3 is 2. The Hall–Kier alpha value is -2.77. The van der Waals surface area contributed by atoms with Crippen LogP contribution in [0.15, 0.2) is 17.1 Å². The number of rotatable bonds is 6. The molecule has 0 spiro atoms. The number of hydrogen-bond acceptors (Lipinski definition) is 5. The maximum absolute atomic E-state index is 5.41. The Balaban J connectivity index is 2.09. The van der Waals surface area contributed by atoms with Gasteiger partial charge in [0.1, 0.15) is 5.82 Å². The normalized spacial score (nSPS) is 11.4. The Labute approximate surface area is 154 Å². The lowest BCUT2D eigenvalue weighted by Gasteiger charge is -2.23. The fraction of sp³-hybridized carbons (Fsp3) is 0.500. The summed E-state index contributed by atoms with van der Waals surface area (Å²) in [6.45, 7) is 5.23. The molecule has 0 fully saturated rings. The lowest BCUT2D eigenvalue weighted by Crippen LogP contribution is -2.38. The summed E-state index contributed by atoms with van der Waals surface area (Å²) in [5.41, 5.74) is 2.27. The minimum absolute atomic E-state index is 0.555. The highest BCUT2D eigenvalue weighted by Gasteiger charge is 2.13. The first kappa shape index (κ1) is 19.6. The van der Waals surface area contributed by atoms with Crippen LogP contribution in [0.5, 0.6) is 11.5 Å². The number of aromatic nitrogens is 3. The first-order valence-corrected chi connectivity index (χ1v) is 8.39. The molecule has 2 aromatic rings. The topological polar surface area (TPSA) is 76.8 Å². The van der Waals surface area contributed by atoms with E-state index in [0.717, 1.165) is 40.2 Å². The minimum Gasteiger partial charge on any atom is -0.493 e. The van der Waals surface area contributed by atoms with E-state index in [-0.39, 0.29) is 0 Å². The summed E-state index contributed by atoms with van der Waals surface area (Å²) in [6, 6.07) is 3.99. The van der Waals surface area contributed by atoms with Gasteiger partial charge >= 0.3 is 0 Å². The zero-order valence-corrected chi connectivity index (χ0v) is 16.6. The maximum atomic E-state index is 5.41. The molecule has 1 aromatic carbocycles. The average molecular weight is 360 g/mol. The van der Waals surface area contributed by atoms with Crippen LogP contribution < -0.4 is 14.8 Å². The first-order chi connectivity index (χ1) is 12.4. The summed E-state index contributed by atoms with van der Waals surface area (Å²) in [5, 5.41) is 11.6. The van der Waals surface area contributed by atoms with Gasteiger partial charge in [0.2, 0.25) is 0 Å². The third-order valence-electron chi connectivity index (χ3n) is 4.41. The Kier molecular flexibility index (Phi) is 6.43. The van der Waals surface area contributed by atoms with Crippen LogP contribution in [-0.2, 0) is 20.1 Å². The Morgan fingerprint density at radius 2 is 1.85 bits per heavy atom. The van der Waals surface area contributed by atoms with Gasteiger partial charge in [-0.25, -0.2) is 0 Å². The molecular formula is C18H28N6O2. The zero-order valence-electron chi connectivity index (χ0n) is 16.6. The van der Waals surface area contributed by atoms with E-state index in [4.69, 9.17) is 9.47 Å². The molecule has 0 saturated heterocycles. The van der Waals surface area contributed by atoms with E-state index in [2.05, 4.69) is 32.3 Å². The summed E-state index contributed by atoms with van der Waals surface area (Å²) < 4.78 is 12.7. The van der Waals surface area contributed by atoms with Crippen molar-refractivity contribution < 1.29 is 9.47 Å². The van der Waals surface area contributed by atoms with E-state index in [1.54, 1.807) is 21.3 Å². The molecule has 0 atom stereocenters. The van der Waals surface area contributed by atoms with Crippen molar-refractivity contribution in [1.82, 2.24) is 25.0 Å². The molecule has 8 heteroatoms. The smallest absolute Gasteiger partial charge is 0.194 e. The monoisotopic (exact) mass is 360 g/mol. The second-order valence-corrected chi connectivity index (χ2v) is 6.11. The van der Waals surface area contributed by atoms with Gasteiger partial charge in [-0.1, -0.05) is 0 Å². The van der Waals surface area contributed by atoms with Gasteiger partial charge in [0, 0.05) is 27.7 Å². The van der Waals surface area contributed by atoms with Gasteiger partial charge < -0.3 is 24.3 Å². The van der Waals surface area contributed by atoms with E-state index in [1.165, 1.54) is 0 Å². The molecule has 0 unspecified atom stereocenters. The van der Waals surface area contributed by atoms with E-state index in [9.17, 15) is 0 Å². The highest BCUT2D eigenvalue weighted by atomic mass is 16.5. The molecule has 2 rings (SSSR count). The Morgan fingerprint density at radius 1 is 1.19 bits per heavy atom. The second-order valence-electron chi connectivity index (χ2n) is 6.11. The van der Waals surface area contributed by atoms with Crippen molar-refractivity contribution in [2.75, 3.05) is 28.3 Å². The van der Waals surface area contributed by atoms with Crippen LogP contribution in [0.25, 0.3) is 0 Å². The molecule has 0 amide bonds. The van der Waals surface area contributed by atoms with Crippen molar-refractivity contribution in [2.24, 2.45) is 12.0 Å². The van der Waals surface area contributed by atoms with Crippen LogP contribution >= 0.6 is 0 Å². The first-order valence-electron chi connectivity index (χ1n) is 8.39. The summed E-state index contributed by atoms with van der Waals surface area (Å²) in [7, 11) is 8.99. The summed E-state index contributed by atoms with van der Waals surface area (Å²) in [4.78, 5) is 6.41. The summed E-state index contributed by atoms with van der Waals surface area (Å²) in [5.74, 6) is 3.97. The van der Waals surface area contributed by atoms with Gasteiger partial charge in [-0.05, 0) is 37.1 Å². The van der Waals surface area contributed by atoms with Crippen molar-refractivity contribution in [2.45, 2.75) is 26.9 Å². The fourth-order valence-corrected chi connectivity index (χ4v) is 2.67. The van der Waals surface area contributed by atoms with Crippen molar-refractivity contribution in [3.05, 3.63) is 34.9 Å². The number of ether oxygens (including phenoxy) is 2. The predicted octanol–water partition coefficient (Wildman–Crippen LogP) is 1.66. The number of hydrogen-bond donors (Lipinski definition) is 1. The molecular weight excluding hydrogens is 332 g/mol. The molecule has 8 nitrogen and oxygen atoms in total. The predicted molar refractivity (Wildman–Crippen MR) is 102 cm³/mol. The van der Waals surface area contributed by atoms with E-state index >= 15 is 0 Å². The van der Waals surface area contributed by atoms with Gasteiger partial charge in [-0.15, -0.1) is 10.2 Å². The molecule has 0 radical (unpaired) electrons. The van der Waals surface area contributed by atoms with Crippen LogP contribution in [0.1, 0.15) is 22.8 Å². The minimum atomic E-state index is 0.555. The van der Waals surface area contributed by atoms with Crippen molar-refractivity contribution in [1.29, 1.82) is 0 Å². The van der Waals surface area contributed by atoms with Gasteiger partial charge in [-0.2, -0.15) is 0 Å². The number of nitrogens with zero attached hydrogens (tertiary/aromatic N) is 5. The molecule has 142 valence electrons. The van der Waals surface area contributed by atoms with E-state index < -0.39 is 0 Å². The van der Waals surface area contributed by atoms with Gasteiger partial charge in [0.25, 0.3) is 0 Å². The SMILES string of the molecule is CN=C(NCc1nnc(C)n1C)N(C)Cc1cc(OC)c(OC)cc1C. The lowest BCUT2D eigenvalue weighted by molar-refractivity contribution is 0.353. The number of guanidine groups is 1. The average Bonchev–Trinajstić information content (AvgIpc) is 2.95. The number of benzene rings is 1. The molecule has 0 aliphatic heterocycles. The second kappa shape index (κ2) is 8.55. The van der Waals surface area contributed by atoms with Crippen molar-refractivity contribution >= 4 is 5.96 Å². The standard InChI is InChI=1S/C18H28N6O2/c1-12-8-15(25-6)16(26-7)9-14(12)11-23(4)18(19-3)20-10-17-22-21-13(2)24(17)5/h8-9H,10-11H2,1-7H3,(H,19,20). The van der Waals surface area contributed by atoms with E-state index in [0.29, 0.717) is 13.1 Å². The molecule has 1 N–H and O–H groups in total. The lowest BCUT2D eigenvalue weighted by atomic mass is 10.1.